The van der Waals surface area contributed by atoms with Crippen LogP contribution in [0.3, 0.4) is 0 Å². The molecule has 0 saturated carbocycles. The van der Waals surface area contributed by atoms with E-state index in [1.54, 1.807) is 0 Å². The Labute approximate surface area is 127 Å². The lowest BCUT2D eigenvalue weighted by Crippen LogP contribution is -2.43. The second kappa shape index (κ2) is 6.20. The van der Waals surface area contributed by atoms with E-state index in [0.717, 1.165) is 17.6 Å². The highest BCUT2D eigenvalue weighted by molar-refractivity contribution is 7.88. The third-order valence-electron chi connectivity index (χ3n) is 3.31. The van der Waals surface area contributed by atoms with Crippen molar-refractivity contribution in [2.75, 3.05) is 24.7 Å². The molecule has 0 unspecified atom stereocenters. The number of thiazole rings is 1. The number of amides is 1. The summed E-state index contributed by atoms with van der Waals surface area (Å²) in [5, 5.41) is 3.02. The van der Waals surface area contributed by atoms with Crippen molar-refractivity contribution in [2.24, 2.45) is 5.92 Å². The quantitative estimate of drug-likeness (QED) is 0.829. The van der Waals surface area contributed by atoms with Gasteiger partial charge in [-0.05, 0) is 12.8 Å². The van der Waals surface area contributed by atoms with Crippen molar-refractivity contribution >= 4 is 38.2 Å². The van der Waals surface area contributed by atoms with Gasteiger partial charge in [0.15, 0.2) is 10.9 Å². The third kappa shape index (κ3) is 4.08. The predicted octanol–water partition coefficient (Wildman–Crippen LogP) is 0.956. The highest BCUT2D eigenvalue weighted by Crippen LogP contribution is 2.23. The van der Waals surface area contributed by atoms with Crippen LogP contribution < -0.4 is 5.32 Å². The van der Waals surface area contributed by atoms with Crippen molar-refractivity contribution in [3.05, 3.63) is 11.1 Å². The number of hydrogen-bond donors (Lipinski definition) is 1. The zero-order valence-corrected chi connectivity index (χ0v) is 13.5. The molecule has 2 heterocycles. The number of nitrogens with zero attached hydrogens (tertiary/aromatic N) is 2. The molecule has 21 heavy (non-hydrogen) atoms. The normalized spacial score (nSPS) is 20.2. The van der Waals surface area contributed by atoms with Gasteiger partial charge in [-0.3, -0.25) is 9.59 Å². The molecule has 2 rings (SSSR count). The molecule has 7 nitrogen and oxygen atoms in total. The molecule has 0 bridgehead atoms. The van der Waals surface area contributed by atoms with Crippen molar-refractivity contribution in [2.45, 2.75) is 19.8 Å². The van der Waals surface area contributed by atoms with Gasteiger partial charge in [0.25, 0.3) is 0 Å². The highest BCUT2D eigenvalue weighted by Gasteiger charge is 2.30. The fourth-order valence-electron chi connectivity index (χ4n) is 2.16. The first-order valence-electron chi connectivity index (χ1n) is 6.50. The first-order chi connectivity index (χ1) is 9.77. The predicted molar refractivity (Wildman–Crippen MR) is 79.9 cm³/mol. The zero-order chi connectivity index (χ0) is 15.6. The summed E-state index contributed by atoms with van der Waals surface area (Å²) in [4.78, 5) is 27.8. The van der Waals surface area contributed by atoms with Crippen molar-refractivity contribution in [3.63, 3.8) is 0 Å². The number of piperidine rings is 1. The summed E-state index contributed by atoms with van der Waals surface area (Å²) >= 11 is 1.12. The molecule has 1 saturated heterocycles. The highest BCUT2D eigenvalue weighted by atomic mass is 32.2. The van der Waals surface area contributed by atoms with Crippen LogP contribution in [0, 0.1) is 5.92 Å². The number of anilines is 1. The molecular weight excluding hydrogens is 314 g/mol. The standard InChI is InChI=1S/C12H17N3O4S2/c1-8(16)10-6-13-12(20-10)14-11(17)9-4-3-5-15(7-9)21(2,18)19/h6,9H,3-5,7H2,1-2H3,(H,13,14,17)/t9-/m0/s1. The number of Topliss-reactive ketones (excluding diaryl/α,β-unsaturated/α-hetero) is 1. The monoisotopic (exact) mass is 331 g/mol. The number of ketones is 1. The van der Waals surface area contributed by atoms with Crippen LogP contribution in [0.25, 0.3) is 0 Å². The second-order valence-corrected chi connectivity index (χ2v) is 8.05. The minimum Gasteiger partial charge on any atom is -0.302 e. The SMILES string of the molecule is CC(=O)c1cnc(NC(=O)[C@H]2CCCN(S(C)(=O)=O)C2)s1. The maximum Gasteiger partial charge on any atom is 0.230 e. The van der Waals surface area contributed by atoms with Gasteiger partial charge in [-0.15, -0.1) is 0 Å². The summed E-state index contributed by atoms with van der Waals surface area (Å²) in [6, 6.07) is 0. The molecule has 1 aliphatic rings. The van der Waals surface area contributed by atoms with Crippen molar-refractivity contribution < 1.29 is 18.0 Å². The van der Waals surface area contributed by atoms with Gasteiger partial charge in [-0.25, -0.2) is 17.7 Å². The largest absolute Gasteiger partial charge is 0.302 e. The van der Waals surface area contributed by atoms with Gasteiger partial charge in [-0.1, -0.05) is 11.3 Å². The van der Waals surface area contributed by atoms with Gasteiger partial charge in [0.1, 0.15) is 0 Å². The lowest BCUT2D eigenvalue weighted by molar-refractivity contribution is -0.120. The fraction of sp³-hybridized carbons (Fsp3) is 0.583. The van der Waals surface area contributed by atoms with Crippen LogP contribution in [0.4, 0.5) is 5.13 Å². The maximum atomic E-state index is 12.2. The Kier molecular flexibility index (Phi) is 4.74. The minimum atomic E-state index is -3.28. The lowest BCUT2D eigenvalue weighted by Gasteiger charge is -2.29. The summed E-state index contributed by atoms with van der Waals surface area (Å²) in [6.07, 6.45) is 3.87. The second-order valence-electron chi connectivity index (χ2n) is 5.04. The van der Waals surface area contributed by atoms with E-state index in [1.165, 1.54) is 17.4 Å². The van der Waals surface area contributed by atoms with Gasteiger partial charge >= 0.3 is 0 Å². The first-order valence-corrected chi connectivity index (χ1v) is 9.16. The van der Waals surface area contributed by atoms with Crippen LogP contribution in [0.2, 0.25) is 0 Å². The molecule has 1 aliphatic heterocycles. The van der Waals surface area contributed by atoms with E-state index < -0.39 is 15.9 Å². The Morgan fingerprint density at radius 3 is 2.76 bits per heavy atom. The molecular formula is C12H17N3O4S2. The van der Waals surface area contributed by atoms with Crippen LogP contribution in [-0.2, 0) is 14.8 Å². The molecule has 0 aromatic carbocycles. The van der Waals surface area contributed by atoms with Gasteiger partial charge in [0, 0.05) is 20.0 Å². The molecule has 0 spiro atoms. The average Bonchev–Trinajstić information content (AvgIpc) is 2.86. The number of rotatable bonds is 4. The molecule has 1 N–H and O–H groups in total. The zero-order valence-electron chi connectivity index (χ0n) is 11.8. The van der Waals surface area contributed by atoms with Crippen molar-refractivity contribution in [3.8, 4) is 0 Å². The number of carbonyl (C=O) groups is 2. The van der Waals surface area contributed by atoms with Gasteiger partial charge in [0.2, 0.25) is 15.9 Å². The Morgan fingerprint density at radius 1 is 1.48 bits per heavy atom. The van der Waals surface area contributed by atoms with E-state index in [1.807, 2.05) is 0 Å². The Hall–Kier alpha value is -1.32. The smallest absolute Gasteiger partial charge is 0.230 e. The number of sulfonamides is 1. The molecule has 1 atom stereocenters. The van der Waals surface area contributed by atoms with E-state index in [-0.39, 0.29) is 18.2 Å². The topological polar surface area (TPSA) is 96.4 Å². The molecule has 1 amide bonds. The van der Waals surface area contributed by atoms with Crippen LogP contribution in [0.5, 0.6) is 0 Å². The van der Waals surface area contributed by atoms with E-state index in [0.29, 0.717) is 29.4 Å². The van der Waals surface area contributed by atoms with Crippen LogP contribution >= 0.6 is 11.3 Å². The number of aromatic nitrogens is 1. The summed E-state index contributed by atoms with van der Waals surface area (Å²) in [6.45, 7) is 2.08. The Balaban J connectivity index is 2.01. The van der Waals surface area contributed by atoms with Gasteiger partial charge < -0.3 is 5.32 Å². The van der Waals surface area contributed by atoms with Crippen molar-refractivity contribution in [1.82, 2.24) is 9.29 Å². The molecule has 0 aliphatic carbocycles. The number of hydrogen-bond acceptors (Lipinski definition) is 6. The van der Waals surface area contributed by atoms with Gasteiger partial charge in [0.05, 0.1) is 23.2 Å². The summed E-state index contributed by atoms with van der Waals surface area (Å²) in [7, 11) is -3.28. The molecule has 0 radical (unpaired) electrons. The van der Waals surface area contributed by atoms with E-state index in [4.69, 9.17) is 0 Å². The average molecular weight is 331 g/mol. The molecule has 1 aromatic rings. The van der Waals surface area contributed by atoms with Crippen LogP contribution in [0.1, 0.15) is 29.4 Å². The summed E-state index contributed by atoms with van der Waals surface area (Å²) < 4.78 is 24.4. The van der Waals surface area contributed by atoms with Gasteiger partial charge in [-0.2, -0.15) is 0 Å². The summed E-state index contributed by atoms with van der Waals surface area (Å²) in [5.74, 6) is -0.750. The van der Waals surface area contributed by atoms with Crippen LogP contribution in [-0.4, -0.2) is 48.7 Å². The minimum absolute atomic E-state index is 0.103. The molecule has 116 valence electrons. The lowest BCUT2D eigenvalue weighted by atomic mass is 9.99. The number of nitrogens with one attached hydrogen (secondary N) is 1. The molecule has 1 fully saturated rings. The third-order valence-corrected chi connectivity index (χ3v) is 5.59. The fourth-order valence-corrected chi connectivity index (χ4v) is 3.79. The Morgan fingerprint density at radius 2 is 2.19 bits per heavy atom. The Bertz CT molecular complexity index is 653. The summed E-state index contributed by atoms with van der Waals surface area (Å²) in [5.41, 5.74) is 0. The molecule has 1 aromatic heterocycles. The van der Waals surface area contributed by atoms with Crippen LogP contribution in [0.15, 0.2) is 6.20 Å². The van der Waals surface area contributed by atoms with E-state index in [2.05, 4.69) is 10.3 Å². The van der Waals surface area contributed by atoms with E-state index >= 15 is 0 Å². The maximum absolute atomic E-state index is 12.2. The number of carbonyl (C=O) groups excluding carboxylic acids is 2. The van der Waals surface area contributed by atoms with E-state index in [9.17, 15) is 18.0 Å². The van der Waals surface area contributed by atoms with Crippen molar-refractivity contribution in [1.29, 1.82) is 0 Å². The molecule has 9 heteroatoms. The first kappa shape index (κ1) is 16.1.